The van der Waals surface area contributed by atoms with Gasteiger partial charge < -0.3 is 10.0 Å². The minimum Gasteiger partial charge on any atom is -0.391 e. The number of aliphatic hydroxyl groups is 1. The zero-order valence-corrected chi connectivity index (χ0v) is 10.4. The van der Waals surface area contributed by atoms with Gasteiger partial charge in [0.05, 0.1) is 12.3 Å². The molecule has 16 heavy (non-hydrogen) atoms. The van der Waals surface area contributed by atoms with E-state index in [-0.39, 0.29) is 6.61 Å². The molecule has 0 amide bonds. The van der Waals surface area contributed by atoms with Crippen LogP contribution in [0.2, 0.25) is 0 Å². The van der Waals surface area contributed by atoms with E-state index in [0.717, 1.165) is 36.1 Å². The summed E-state index contributed by atoms with van der Waals surface area (Å²) in [5, 5.41) is 13.8. The Labute approximate surface area is 96.9 Å². The largest absolute Gasteiger partial charge is 0.391 e. The molecule has 4 heteroatoms. The first kappa shape index (κ1) is 11.5. The Balaban J connectivity index is 2.25. The van der Waals surface area contributed by atoms with Gasteiger partial charge in [0, 0.05) is 25.7 Å². The predicted octanol–water partition coefficient (Wildman–Crippen LogP) is 1.46. The molecule has 1 aliphatic rings. The van der Waals surface area contributed by atoms with Crippen molar-refractivity contribution in [3.05, 3.63) is 11.3 Å². The first-order chi connectivity index (χ1) is 7.63. The lowest BCUT2D eigenvalue weighted by atomic mass is 9.99. The smallest absolute Gasteiger partial charge is 0.132 e. The van der Waals surface area contributed by atoms with Crippen molar-refractivity contribution in [2.45, 2.75) is 33.3 Å². The van der Waals surface area contributed by atoms with Crippen molar-refractivity contribution in [3.63, 3.8) is 0 Å². The summed E-state index contributed by atoms with van der Waals surface area (Å²) in [5.41, 5.74) is 1.93. The second-order valence-corrected chi connectivity index (χ2v) is 4.84. The number of anilines is 1. The predicted molar refractivity (Wildman–Crippen MR) is 64.5 cm³/mol. The maximum absolute atomic E-state index is 9.42. The van der Waals surface area contributed by atoms with E-state index < -0.39 is 0 Å². The summed E-state index contributed by atoms with van der Waals surface area (Å²) < 4.78 is 1.90. The van der Waals surface area contributed by atoms with E-state index in [1.165, 1.54) is 12.8 Å². The third-order valence-corrected chi connectivity index (χ3v) is 3.55. The van der Waals surface area contributed by atoms with Gasteiger partial charge in [0.1, 0.15) is 5.82 Å². The molecule has 1 aliphatic heterocycles. The Kier molecular flexibility index (Phi) is 3.19. The lowest BCUT2D eigenvalue weighted by Gasteiger charge is -2.32. The zero-order valence-electron chi connectivity index (χ0n) is 10.4. The first-order valence-corrected chi connectivity index (χ1v) is 6.01. The highest BCUT2D eigenvalue weighted by molar-refractivity contribution is 5.50. The molecule has 0 aromatic carbocycles. The van der Waals surface area contributed by atoms with Gasteiger partial charge in [-0.3, -0.25) is 4.68 Å². The summed E-state index contributed by atoms with van der Waals surface area (Å²) in [7, 11) is 1.96. The average Bonchev–Trinajstić information content (AvgIpc) is 2.54. The number of aromatic nitrogens is 2. The average molecular weight is 223 g/mol. The molecule has 1 N–H and O–H groups in total. The molecule has 2 rings (SSSR count). The maximum Gasteiger partial charge on any atom is 0.132 e. The molecule has 90 valence electrons. The van der Waals surface area contributed by atoms with Crippen LogP contribution in [-0.2, 0) is 13.7 Å². The molecular formula is C12H21N3O. The molecule has 0 saturated carbocycles. The van der Waals surface area contributed by atoms with E-state index in [9.17, 15) is 5.11 Å². The summed E-state index contributed by atoms with van der Waals surface area (Å²) in [6, 6.07) is 0. The van der Waals surface area contributed by atoms with Crippen molar-refractivity contribution in [2.24, 2.45) is 13.0 Å². The first-order valence-electron chi connectivity index (χ1n) is 6.01. The second kappa shape index (κ2) is 4.45. The molecule has 0 spiro atoms. The standard InChI is InChI=1S/C12H21N3O/c1-9-4-6-15(7-5-9)12-11(8-16)10(2)13-14(12)3/h9,16H,4-8H2,1-3H3. The number of hydrogen-bond donors (Lipinski definition) is 1. The van der Waals surface area contributed by atoms with Crippen LogP contribution >= 0.6 is 0 Å². The van der Waals surface area contributed by atoms with Gasteiger partial charge in [0.15, 0.2) is 0 Å². The van der Waals surface area contributed by atoms with E-state index in [2.05, 4.69) is 16.9 Å². The molecule has 0 unspecified atom stereocenters. The monoisotopic (exact) mass is 223 g/mol. The van der Waals surface area contributed by atoms with Crippen molar-refractivity contribution < 1.29 is 5.11 Å². The topological polar surface area (TPSA) is 41.3 Å². The van der Waals surface area contributed by atoms with Gasteiger partial charge >= 0.3 is 0 Å². The van der Waals surface area contributed by atoms with Crippen LogP contribution in [0.1, 0.15) is 31.0 Å². The highest BCUT2D eigenvalue weighted by atomic mass is 16.3. The highest BCUT2D eigenvalue weighted by Gasteiger charge is 2.22. The van der Waals surface area contributed by atoms with Crippen LogP contribution in [0.5, 0.6) is 0 Å². The quantitative estimate of drug-likeness (QED) is 0.825. The lowest BCUT2D eigenvalue weighted by Crippen LogP contribution is -2.34. The fraction of sp³-hybridized carbons (Fsp3) is 0.750. The number of rotatable bonds is 2. The third kappa shape index (κ3) is 1.94. The summed E-state index contributed by atoms with van der Waals surface area (Å²) in [6.45, 7) is 6.50. The van der Waals surface area contributed by atoms with Crippen LogP contribution in [-0.4, -0.2) is 28.0 Å². The van der Waals surface area contributed by atoms with E-state index in [1.807, 2.05) is 18.7 Å². The molecule has 1 saturated heterocycles. The molecule has 4 nitrogen and oxygen atoms in total. The molecule has 1 fully saturated rings. The van der Waals surface area contributed by atoms with Crippen LogP contribution in [0.3, 0.4) is 0 Å². The van der Waals surface area contributed by atoms with Crippen molar-refractivity contribution in [2.75, 3.05) is 18.0 Å². The van der Waals surface area contributed by atoms with Crippen LogP contribution in [0.15, 0.2) is 0 Å². The van der Waals surface area contributed by atoms with Gasteiger partial charge in [0.2, 0.25) is 0 Å². The number of aliphatic hydroxyl groups excluding tert-OH is 1. The van der Waals surface area contributed by atoms with E-state index >= 15 is 0 Å². The molecule has 0 aliphatic carbocycles. The lowest BCUT2D eigenvalue weighted by molar-refractivity contribution is 0.280. The number of hydrogen-bond acceptors (Lipinski definition) is 3. The zero-order chi connectivity index (χ0) is 11.7. The molecule has 0 bridgehead atoms. The highest BCUT2D eigenvalue weighted by Crippen LogP contribution is 2.27. The summed E-state index contributed by atoms with van der Waals surface area (Å²) in [4.78, 5) is 2.35. The Morgan fingerprint density at radius 3 is 2.56 bits per heavy atom. The van der Waals surface area contributed by atoms with Crippen LogP contribution in [0.4, 0.5) is 5.82 Å². The Morgan fingerprint density at radius 1 is 1.38 bits per heavy atom. The second-order valence-electron chi connectivity index (χ2n) is 4.84. The van der Waals surface area contributed by atoms with E-state index in [4.69, 9.17) is 0 Å². The van der Waals surface area contributed by atoms with Crippen molar-refractivity contribution in [3.8, 4) is 0 Å². The van der Waals surface area contributed by atoms with Crippen LogP contribution in [0.25, 0.3) is 0 Å². The fourth-order valence-electron chi connectivity index (χ4n) is 2.49. The Bertz CT molecular complexity index is 365. The molecule has 0 atom stereocenters. The van der Waals surface area contributed by atoms with Gasteiger partial charge in [-0.2, -0.15) is 5.10 Å². The fourth-order valence-corrected chi connectivity index (χ4v) is 2.49. The number of piperidine rings is 1. The van der Waals surface area contributed by atoms with Crippen molar-refractivity contribution >= 4 is 5.82 Å². The van der Waals surface area contributed by atoms with Crippen molar-refractivity contribution in [1.29, 1.82) is 0 Å². The number of aryl methyl sites for hydroxylation is 2. The van der Waals surface area contributed by atoms with Crippen LogP contribution < -0.4 is 4.90 Å². The maximum atomic E-state index is 9.42. The summed E-state index contributed by atoms with van der Waals surface area (Å²) >= 11 is 0. The minimum absolute atomic E-state index is 0.0844. The minimum atomic E-state index is 0.0844. The molecular weight excluding hydrogens is 202 g/mol. The van der Waals surface area contributed by atoms with Gasteiger partial charge in [-0.05, 0) is 25.7 Å². The van der Waals surface area contributed by atoms with Crippen molar-refractivity contribution in [1.82, 2.24) is 9.78 Å². The van der Waals surface area contributed by atoms with E-state index in [1.54, 1.807) is 0 Å². The van der Waals surface area contributed by atoms with Crippen LogP contribution in [0, 0.1) is 12.8 Å². The normalized spacial score (nSPS) is 18.1. The molecule has 1 aromatic rings. The molecule has 2 heterocycles. The third-order valence-electron chi connectivity index (χ3n) is 3.55. The molecule has 0 radical (unpaired) electrons. The number of nitrogens with zero attached hydrogens (tertiary/aromatic N) is 3. The Hall–Kier alpha value is -1.03. The molecule has 1 aromatic heterocycles. The van der Waals surface area contributed by atoms with Gasteiger partial charge in [-0.15, -0.1) is 0 Å². The van der Waals surface area contributed by atoms with E-state index in [0.29, 0.717) is 0 Å². The van der Waals surface area contributed by atoms with Gasteiger partial charge in [0.25, 0.3) is 0 Å². The summed E-state index contributed by atoms with van der Waals surface area (Å²) in [6.07, 6.45) is 2.46. The van der Waals surface area contributed by atoms with Gasteiger partial charge in [-0.25, -0.2) is 0 Å². The SMILES string of the molecule is Cc1nn(C)c(N2CCC(C)CC2)c1CO. The Morgan fingerprint density at radius 2 is 2.00 bits per heavy atom. The van der Waals surface area contributed by atoms with Gasteiger partial charge in [-0.1, -0.05) is 6.92 Å². The summed E-state index contributed by atoms with van der Waals surface area (Å²) in [5.74, 6) is 1.93.